The summed E-state index contributed by atoms with van der Waals surface area (Å²) in [6, 6.07) is 12.8. The maximum Gasteiger partial charge on any atom is 0.241 e. The number of hydrogen-bond donors (Lipinski definition) is 0. The van der Waals surface area contributed by atoms with Crippen LogP contribution in [-0.2, 0) is 24.5 Å². The molecule has 1 fully saturated rings. The fraction of sp³-hybridized carbons (Fsp3) is 0.400. The van der Waals surface area contributed by atoms with Crippen LogP contribution < -0.4 is 4.74 Å². The van der Waals surface area contributed by atoms with E-state index in [1.807, 2.05) is 19.1 Å². The van der Waals surface area contributed by atoms with Crippen molar-refractivity contribution in [2.24, 2.45) is 0 Å². The van der Waals surface area contributed by atoms with E-state index in [2.05, 4.69) is 0 Å². The normalized spacial score (nSPS) is 19.0. The van der Waals surface area contributed by atoms with Crippen LogP contribution in [0.15, 0.2) is 48.5 Å². The Hall–Kier alpha value is -3.26. The number of carbonyl (C=O) groups excluding carboxylic acids is 3. The van der Waals surface area contributed by atoms with E-state index >= 15 is 0 Å². The van der Waals surface area contributed by atoms with E-state index in [1.54, 1.807) is 32.4 Å². The van der Waals surface area contributed by atoms with Crippen LogP contribution in [0.2, 0.25) is 0 Å². The summed E-state index contributed by atoms with van der Waals surface area (Å²) < 4.78 is 25.1. The summed E-state index contributed by atoms with van der Waals surface area (Å²) in [7, 11) is 4.68. The summed E-state index contributed by atoms with van der Waals surface area (Å²) in [6.45, 7) is 2.08. The fourth-order valence-corrected chi connectivity index (χ4v) is 4.21. The highest BCUT2D eigenvalue weighted by atomic mass is 19.1. The molecule has 176 valence electrons. The molecule has 1 aliphatic heterocycles. The number of methoxy groups -OCH3 is 2. The molecular weight excluding hydrogens is 427 g/mol. The Morgan fingerprint density at radius 1 is 1.15 bits per heavy atom. The van der Waals surface area contributed by atoms with E-state index < -0.39 is 23.0 Å². The van der Waals surface area contributed by atoms with Gasteiger partial charge in [0.2, 0.25) is 17.7 Å². The van der Waals surface area contributed by atoms with Gasteiger partial charge in [-0.3, -0.25) is 19.3 Å². The van der Waals surface area contributed by atoms with Crippen molar-refractivity contribution in [3.05, 3.63) is 65.5 Å². The van der Waals surface area contributed by atoms with Crippen molar-refractivity contribution in [1.82, 2.24) is 9.80 Å². The first-order valence-corrected chi connectivity index (χ1v) is 10.7. The summed E-state index contributed by atoms with van der Waals surface area (Å²) in [5.41, 5.74) is -0.662. The van der Waals surface area contributed by atoms with Crippen molar-refractivity contribution in [1.29, 1.82) is 0 Å². The quantitative estimate of drug-likeness (QED) is 0.542. The van der Waals surface area contributed by atoms with Gasteiger partial charge in [-0.1, -0.05) is 30.3 Å². The lowest BCUT2D eigenvalue weighted by Gasteiger charge is -2.32. The van der Waals surface area contributed by atoms with Gasteiger partial charge in [-0.25, -0.2) is 4.39 Å². The van der Waals surface area contributed by atoms with Crippen molar-refractivity contribution in [3.8, 4) is 5.75 Å². The SMILES string of the molecule is COCCN1C(=O)C[C@](CC(=O)N(C)[C@@H](C)c2ccc(OC)cc2)(c2ccccc2F)C1=O. The third-order valence-corrected chi connectivity index (χ3v) is 6.34. The first-order valence-electron chi connectivity index (χ1n) is 10.7. The zero-order valence-corrected chi connectivity index (χ0v) is 19.3. The average Bonchev–Trinajstić information content (AvgIpc) is 3.06. The topological polar surface area (TPSA) is 76.2 Å². The van der Waals surface area contributed by atoms with Crippen LogP contribution in [0, 0.1) is 5.82 Å². The summed E-state index contributed by atoms with van der Waals surface area (Å²) >= 11 is 0. The Labute approximate surface area is 193 Å². The predicted octanol–water partition coefficient (Wildman–Crippen LogP) is 3.09. The maximum absolute atomic E-state index is 14.9. The molecule has 0 N–H and O–H groups in total. The fourth-order valence-electron chi connectivity index (χ4n) is 4.21. The number of benzene rings is 2. The van der Waals surface area contributed by atoms with Crippen molar-refractivity contribution in [2.75, 3.05) is 34.4 Å². The van der Waals surface area contributed by atoms with Gasteiger partial charge in [0.05, 0.1) is 31.7 Å². The zero-order valence-electron chi connectivity index (χ0n) is 19.3. The molecule has 0 saturated carbocycles. The van der Waals surface area contributed by atoms with Gasteiger partial charge in [-0.2, -0.15) is 0 Å². The number of imide groups is 1. The highest BCUT2D eigenvalue weighted by molar-refractivity contribution is 6.10. The molecule has 7 nitrogen and oxygen atoms in total. The van der Waals surface area contributed by atoms with Crippen molar-refractivity contribution >= 4 is 17.7 Å². The van der Waals surface area contributed by atoms with Gasteiger partial charge in [0, 0.05) is 32.6 Å². The average molecular weight is 457 g/mol. The van der Waals surface area contributed by atoms with E-state index in [0.717, 1.165) is 10.5 Å². The molecule has 0 aliphatic carbocycles. The van der Waals surface area contributed by atoms with Crippen molar-refractivity contribution in [3.63, 3.8) is 0 Å². The Balaban J connectivity index is 1.92. The van der Waals surface area contributed by atoms with Gasteiger partial charge in [-0.05, 0) is 30.7 Å². The lowest BCUT2D eigenvalue weighted by Crippen LogP contribution is -2.44. The largest absolute Gasteiger partial charge is 0.497 e. The Morgan fingerprint density at radius 2 is 1.82 bits per heavy atom. The second-order valence-corrected chi connectivity index (χ2v) is 8.21. The highest BCUT2D eigenvalue weighted by Gasteiger charge is 2.55. The molecule has 0 unspecified atom stereocenters. The maximum atomic E-state index is 14.9. The molecule has 0 aromatic heterocycles. The van der Waals surface area contributed by atoms with Crippen LogP contribution in [0.25, 0.3) is 0 Å². The molecule has 0 radical (unpaired) electrons. The molecule has 2 atom stereocenters. The molecule has 8 heteroatoms. The third-order valence-electron chi connectivity index (χ3n) is 6.34. The molecule has 33 heavy (non-hydrogen) atoms. The molecule has 2 aromatic carbocycles. The molecule has 3 amide bonds. The number of ether oxygens (including phenoxy) is 2. The second kappa shape index (κ2) is 10.1. The van der Waals surface area contributed by atoms with Crippen LogP contribution in [0.1, 0.15) is 36.9 Å². The van der Waals surface area contributed by atoms with E-state index in [1.165, 1.54) is 30.2 Å². The summed E-state index contributed by atoms with van der Waals surface area (Å²) in [5, 5.41) is 0. The number of hydrogen-bond acceptors (Lipinski definition) is 5. The van der Waals surface area contributed by atoms with E-state index in [4.69, 9.17) is 9.47 Å². The minimum absolute atomic E-state index is 0.0522. The highest BCUT2D eigenvalue weighted by Crippen LogP contribution is 2.41. The van der Waals surface area contributed by atoms with Crippen LogP contribution in [0.5, 0.6) is 5.75 Å². The number of likely N-dealkylation sites (tertiary alicyclic amines) is 1. The molecule has 3 rings (SSSR count). The molecule has 0 bridgehead atoms. The van der Waals surface area contributed by atoms with Crippen molar-refractivity contribution < 1.29 is 28.2 Å². The number of halogens is 1. The minimum Gasteiger partial charge on any atom is -0.497 e. The molecular formula is C25H29FN2O5. The monoisotopic (exact) mass is 456 g/mol. The van der Waals surface area contributed by atoms with Gasteiger partial charge in [0.1, 0.15) is 11.6 Å². The Morgan fingerprint density at radius 3 is 2.42 bits per heavy atom. The number of amides is 3. The Kier molecular flexibility index (Phi) is 7.48. The van der Waals surface area contributed by atoms with Crippen LogP contribution in [0.4, 0.5) is 4.39 Å². The lowest BCUT2D eigenvalue weighted by atomic mass is 9.75. The van der Waals surface area contributed by atoms with E-state index in [-0.39, 0.29) is 43.5 Å². The third kappa shape index (κ3) is 4.75. The van der Waals surface area contributed by atoms with Gasteiger partial charge >= 0.3 is 0 Å². The minimum atomic E-state index is -1.60. The molecule has 1 heterocycles. The summed E-state index contributed by atoms with van der Waals surface area (Å²) in [6.07, 6.45) is -0.591. The molecule has 0 spiro atoms. The van der Waals surface area contributed by atoms with Crippen LogP contribution in [-0.4, -0.2) is 61.9 Å². The van der Waals surface area contributed by atoms with Crippen LogP contribution >= 0.6 is 0 Å². The van der Waals surface area contributed by atoms with Crippen molar-refractivity contribution in [2.45, 2.75) is 31.2 Å². The standard InChI is InChI=1S/C25H29FN2O5/c1-17(18-9-11-19(33-4)12-10-18)27(2)22(29)15-25(20-7-5-6-8-21(20)26)16-23(30)28(24(25)31)13-14-32-3/h5-12,17H,13-16H2,1-4H3/t17-,25+/m0/s1. The second-order valence-electron chi connectivity index (χ2n) is 8.21. The lowest BCUT2D eigenvalue weighted by molar-refractivity contribution is -0.143. The van der Waals surface area contributed by atoms with Gasteiger partial charge in [-0.15, -0.1) is 0 Å². The predicted molar refractivity (Wildman–Crippen MR) is 120 cm³/mol. The van der Waals surface area contributed by atoms with E-state index in [0.29, 0.717) is 5.75 Å². The molecule has 2 aromatic rings. The van der Waals surface area contributed by atoms with Crippen LogP contribution in [0.3, 0.4) is 0 Å². The number of rotatable bonds is 9. The van der Waals surface area contributed by atoms with Gasteiger partial charge < -0.3 is 14.4 Å². The molecule has 1 saturated heterocycles. The van der Waals surface area contributed by atoms with E-state index in [9.17, 15) is 18.8 Å². The summed E-state index contributed by atoms with van der Waals surface area (Å²) in [4.78, 5) is 42.2. The Bertz CT molecular complexity index is 1030. The zero-order chi connectivity index (χ0) is 24.2. The molecule has 1 aliphatic rings. The van der Waals surface area contributed by atoms with Gasteiger partial charge in [0.15, 0.2) is 0 Å². The smallest absolute Gasteiger partial charge is 0.241 e. The number of nitrogens with zero attached hydrogens (tertiary/aromatic N) is 2. The first kappa shape index (κ1) is 24.4. The van der Waals surface area contributed by atoms with Gasteiger partial charge in [0.25, 0.3) is 0 Å². The summed E-state index contributed by atoms with van der Waals surface area (Å²) in [5.74, 6) is -1.31. The first-order chi connectivity index (χ1) is 15.7. The number of carbonyl (C=O) groups is 3.